The molecule has 2 aromatic carbocycles. The summed E-state index contributed by atoms with van der Waals surface area (Å²) in [5, 5.41) is 2.43. The van der Waals surface area contributed by atoms with Gasteiger partial charge in [-0.3, -0.25) is 9.59 Å². The number of halogens is 2. The summed E-state index contributed by atoms with van der Waals surface area (Å²) >= 11 is 0. The maximum Gasteiger partial charge on any atom is 0.387 e. The number of esters is 1. The monoisotopic (exact) mass is 407 g/mol. The molecule has 0 heterocycles. The number of carbonyl (C=O) groups excluding carboxylic acids is 2. The third-order valence-electron chi connectivity index (χ3n) is 3.91. The quantitative estimate of drug-likeness (QED) is 0.598. The summed E-state index contributed by atoms with van der Waals surface area (Å²) in [5.74, 6) is -0.694. The van der Waals surface area contributed by atoms with Crippen LogP contribution in [-0.2, 0) is 20.7 Å². The van der Waals surface area contributed by atoms with Gasteiger partial charge in [0.15, 0.2) is 6.10 Å². The van der Waals surface area contributed by atoms with Crippen LogP contribution in [0.5, 0.6) is 11.5 Å². The number of carbonyl (C=O) groups is 2. The highest BCUT2D eigenvalue weighted by molar-refractivity contribution is 5.96. The van der Waals surface area contributed by atoms with Gasteiger partial charge in [0.05, 0.1) is 12.3 Å². The van der Waals surface area contributed by atoms with Crippen LogP contribution in [0, 0.1) is 0 Å². The van der Waals surface area contributed by atoms with Crippen LogP contribution in [0.15, 0.2) is 48.5 Å². The van der Waals surface area contributed by atoms with E-state index in [0.29, 0.717) is 18.8 Å². The van der Waals surface area contributed by atoms with Gasteiger partial charge in [0.1, 0.15) is 11.5 Å². The molecule has 0 bridgehead atoms. The van der Waals surface area contributed by atoms with Crippen molar-refractivity contribution in [2.75, 3.05) is 11.9 Å². The van der Waals surface area contributed by atoms with Crippen molar-refractivity contribution in [2.24, 2.45) is 0 Å². The molecule has 0 spiro atoms. The Morgan fingerprint density at radius 1 is 1.03 bits per heavy atom. The second-order valence-corrected chi connectivity index (χ2v) is 6.04. The lowest BCUT2D eigenvalue weighted by atomic mass is 10.1. The van der Waals surface area contributed by atoms with Gasteiger partial charge in [-0.15, -0.1) is 0 Å². The minimum absolute atomic E-state index is 0.0614. The highest BCUT2D eigenvalue weighted by Crippen LogP contribution is 2.26. The molecule has 0 aliphatic carbocycles. The average molecular weight is 407 g/mol. The molecule has 2 aromatic rings. The molecule has 0 unspecified atom stereocenters. The Balaban J connectivity index is 1.89. The molecule has 0 aromatic heterocycles. The number of anilines is 1. The van der Waals surface area contributed by atoms with Crippen LogP contribution in [0.2, 0.25) is 0 Å². The molecule has 0 aliphatic heterocycles. The normalized spacial score (nSPS) is 11.6. The number of nitrogens with one attached hydrogen (secondary N) is 1. The Morgan fingerprint density at radius 3 is 2.38 bits per heavy atom. The maximum absolute atomic E-state index is 12.5. The predicted octanol–water partition coefficient (Wildman–Crippen LogP) is 4.19. The smallest absolute Gasteiger partial charge is 0.387 e. The van der Waals surface area contributed by atoms with E-state index in [2.05, 4.69) is 10.1 Å². The van der Waals surface area contributed by atoms with E-state index in [1.165, 1.54) is 25.1 Å². The van der Waals surface area contributed by atoms with Crippen molar-refractivity contribution in [3.63, 3.8) is 0 Å². The largest absolute Gasteiger partial charge is 0.494 e. The van der Waals surface area contributed by atoms with Gasteiger partial charge in [-0.05, 0) is 44.0 Å². The summed E-state index contributed by atoms with van der Waals surface area (Å²) in [6, 6.07) is 13.1. The van der Waals surface area contributed by atoms with Crippen molar-refractivity contribution < 1.29 is 32.6 Å². The van der Waals surface area contributed by atoms with E-state index in [1.54, 1.807) is 6.07 Å². The zero-order valence-corrected chi connectivity index (χ0v) is 16.2. The third kappa shape index (κ3) is 7.06. The van der Waals surface area contributed by atoms with Crippen LogP contribution in [0.4, 0.5) is 14.5 Å². The molecule has 6 nitrogen and oxygen atoms in total. The first-order valence-corrected chi connectivity index (χ1v) is 9.15. The number of rotatable bonds is 10. The zero-order valence-electron chi connectivity index (χ0n) is 16.2. The Bertz CT molecular complexity index is 828. The standard InChI is InChI=1S/C21H23F2NO5/c1-3-27-17-10-6-4-8-15(17)12-13-19(25)28-14(2)20(26)24-16-9-5-7-11-18(16)29-21(22)23/h4-11,14,21H,3,12-13H2,1-2H3,(H,24,26)/t14-/m1/s1. The number of hydrogen-bond acceptors (Lipinski definition) is 5. The second kappa shape index (κ2) is 11.0. The summed E-state index contributed by atoms with van der Waals surface area (Å²) in [7, 11) is 0. The third-order valence-corrected chi connectivity index (χ3v) is 3.91. The minimum Gasteiger partial charge on any atom is -0.494 e. The number of amides is 1. The van der Waals surface area contributed by atoms with Crippen molar-refractivity contribution >= 4 is 17.6 Å². The van der Waals surface area contributed by atoms with Gasteiger partial charge in [0.25, 0.3) is 5.91 Å². The van der Waals surface area contributed by atoms with Crippen molar-refractivity contribution in [1.29, 1.82) is 0 Å². The van der Waals surface area contributed by atoms with Crippen LogP contribution in [-0.4, -0.2) is 31.2 Å². The van der Waals surface area contributed by atoms with Crippen LogP contribution in [0.25, 0.3) is 0 Å². The summed E-state index contributed by atoms with van der Waals surface area (Å²) in [6.07, 6.45) is -0.648. The van der Waals surface area contributed by atoms with Gasteiger partial charge in [0.2, 0.25) is 0 Å². The van der Waals surface area contributed by atoms with E-state index in [9.17, 15) is 18.4 Å². The Kier molecular flexibility index (Phi) is 8.39. The molecule has 2 rings (SSSR count). The van der Waals surface area contributed by atoms with Gasteiger partial charge in [0, 0.05) is 6.42 Å². The second-order valence-electron chi connectivity index (χ2n) is 6.04. The molecule has 8 heteroatoms. The number of benzene rings is 2. The summed E-state index contributed by atoms with van der Waals surface area (Å²) < 4.78 is 39.9. The van der Waals surface area contributed by atoms with Gasteiger partial charge < -0.3 is 19.5 Å². The van der Waals surface area contributed by atoms with Crippen LogP contribution >= 0.6 is 0 Å². The number of hydrogen-bond donors (Lipinski definition) is 1. The topological polar surface area (TPSA) is 73.9 Å². The predicted molar refractivity (Wildman–Crippen MR) is 103 cm³/mol. The van der Waals surface area contributed by atoms with Gasteiger partial charge in [-0.1, -0.05) is 30.3 Å². The molecule has 156 valence electrons. The van der Waals surface area contributed by atoms with E-state index in [0.717, 1.165) is 5.56 Å². The van der Waals surface area contributed by atoms with E-state index in [1.807, 2.05) is 31.2 Å². The summed E-state index contributed by atoms with van der Waals surface area (Å²) in [5.41, 5.74) is 0.924. The van der Waals surface area contributed by atoms with Crippen LogP contribution < -0.4 is 14.8 Å². The first kappa shape index (κ1) is 22.1. The molecule has 1 N–H and O–H groups in total. The van der Waals surface area contributed by atoms with Crippen LogP contribution in [0.1, 0.15) is 25.8 Å². The molecule has 29 heavy (non-hydrogen) atoms. The number of para-hydroxylation sites is 3. The molecule has 0 aliphatic rings. The van der Waals surface area contributed by atoms with Crippen LogP contribution in [0.3, 0.4) is 0 Å². The number of ether oxygens (including phenoxy) is 3. The number of aryl methyl sites for hydroxylation is 1. The van der Waals surface area contributed by atoms with Crippen molar-refractivity contribution in [3.8, 4) is 11.5 Å². The summed E-state index contributed by atoms with van der Waals surface area (Å²) in [4.78, 5) is 24.3. The van der Waals surface area contributed by atoms with Gasteiger partial charge >= 0.3 is 12.6 Å². The van der Waals surface area contributed by atoms with Gasteiger partial charge in [-0.25, -0.2) is 0 Å². The fraction of sp³-hybridized carbons (Fsp3) is 0.333. The Morgan fingerprint density at radius 2 is 1.69 bits per heavy atom. The van der Waals surface area contributed by atoms with Crippen molar-refractivity contribution in [3.05, 3.63) is 54.1 Å². The lowest BCUT2D eigenvalue weighted by molar-refractivity contribution is -0.153. The molecule has 0 fully saturated rings. The first-order valence-electron chi connectivity index (χ1n) is 9.15. The van der Waals surface area contributed by atoms with E-state index < -0.39 is 24.6 Å². The van der Waals surface area contributed by atoms with E-state index in [4.69, 9.17) is 9.47 Å². The Labute approximate surface area is 167 Å². The van der Waals surface area contributed by atoms with E-state index in [-0.39, 0.29) is 17.9 Å². The lowest BCUT2D eigenvalue weighted by Crippen LogP contribution is -2.30. The maximum atomic E-state index is 12.5. The molecule has 1 atom stereocenters. The molecule has 0 radical (unpaired) electrons. The summed E-state index contributed by atoms with van der Waals surface area (Å²) in [6.45, 7) is 0.756. The average Bonchev–Trinajstić information content (AvgIpc) is 2.68. The molecule has 1 amide bonds. The highest BCUT2D eigenvalue weighted by Gasteiger charge is 2.20. The molecular weight excluding hydrogens is 384 g/mol. The van der Waals surface area contributed by atoms with E-state index >= 15 is 0 Å². The number of alkyl halides is 2. The molecule has 0 saturated carbocycles. The van der Waals surface area contributed by atoms with Crippen molar-refractivity contribution in [1.82, 2.24) is 0 Å². The van der Waals surface area contributed by atoms with Crippen molar-refractivity contribution in [2.45, 2.75) is 39.4 Å². The first-order chi connectivity index (χ1) is 13.9. The highest BCUT2D eigenvalue weighted by atomic mass is 19.3. The fourth-order valence-electron chi connectivity index (χ4n) is 2.56. The fourth-order valence-corrected chi connectivity index (χ4v) is 2.56. The zero-order chi connectivity index (χ0) is 21.2. The van der Waals surface area contributed by atoms with Gasteiger partial charge in [-0.2, -0.15) is 8.78 Å². The molecular formula is C21H23F2NO5. The Hall–Kier alpha value is -3.16. The lowest BCUT2D eigenvalue weighted by Gasteiger charge is -2.16. The molecule has 0 saturated heterocycles. The minimum atomic E-state index is -3.03. The SMILES string of the molecule is CCOc1ccccc1CCC(=O)O[C@H](C)C(=O)Nc1ccccc1OC(F)F.